The SMILES string of the molecule is CCCNC(C1CCOC2(CCOCC2)C1)C1CC1C. The minimum atomic E-state index is 0.144. The van der Waals surface area contributed by atoms with Crippen LogP contribution in [-0.2, 0) is 9.47 Å². The lowest BCUT2D eigenvalue weighted by molar-refractivity contribution is -0.150. The minimum Gasteiger partial charge on any atom is -0.381 e. The number of rotatable bonds is 5. The average Bonchev–Trinajstić information content (AvgIpc) is 3.17. The third-order valence-electron chi connectivity index (χ3n) is 5.71. The predicted molar refractivity (Wildman–Crippen MR) is 80.8 cm³/mol. The Labute approximate surface area is 123 Å². The van der Waals surface area contributed by atoms with Gasteiger partial charge in [0.2, 0.25) is 0 Å². The summed E-state index contributed by atoms with van der Waals surface area (Å²) in [6.07, 6.45) is 7.36. The molecule has 0 bridgehead atoms. The highest BCUT2D eigenvalue weighted by molar-refractivity contribution is 5.00. The van der Waals surface area contributed by atoms with Gasteiger partial charge in [0.25, 0.3) is 0 Å². The van der Waals surface area contributed by atoms with Crippen molar-refractivity contribution in [1.29, 1.82) is 0 Å². The summed E-state index contributed by atoms with van der Waals surface area (Å²) < 4.78 is 11.7. The molecule has 20 heavy (non-hydrogen) atoms. The molecule has 3 fully saturated rings. The number of nitrogens with one attached hydrogen (secondary N) is 1. The van der Waals surface area contributed by atoms with Crippen molar-refractivity contribution in [3.63, 3.8) is 0 Å². The van der Waals surface area contributed by atoms with E-state index in [1.54, 1.807) is 0 Å². The summed E-state index contributed by atoms with van der Waals surface area (Å²) in [7, 11) is 0. The highest BCUT2D eigenvalue weighted by Crippen LogP contribution is 2.47. The lowest BCUT2D eigenvalue weighted by atomic mass is 9.76. The van der Waals surface area contributed by atoms with Gasteiger partial charge in [-0.05, 0) is 62.8 Å². The monoisotopic (exact) mass is 281 g/mol. The Morgan fingerprint density at radius 3 is 2.65 bits per heavy atom. The number of hydrogen-bond acceptors (Lipinski definition) is 3. The Hall–Kier alpha value is -0.120. The van der Waals surface area contributed by atoms with Crippen LogP contribution in [0.3, 0.4) is 0 Å². The van der Waals surface area contributed by atoms with Crippen LogP contribution in [0.1, 0.15) is 52.4 Å². The van der Waals surface area contributed by atoms with Crippen molar-refractivity contribution >= 4 is 0 Å². The number of ether oxygens (including phenoxy) is 2. The molecule has 1 spiro atoms. The first-order valence-electron chi connectivity index (χ1n) is 8.69. The third kappa shape index (κ3) is 3.20. The largest absolute Gasteiger partial charge is 0.381 e. The molecular formula is C17H31NO2. The summed E-state index contributed by atoms with van der Waals surface area (Å²) in [6.45, 7) is 8.58. The molecule has 2 saturated heterocycles. The van der Waals surface area contributed by atoms with E-state index in [4.69, 9.17) is 9.47 Å². The van der Waals surface area contributed by atoms with E-state index in [2.05, 4.69) is 19.2 Å². The van der Waals surface area contributed by atoms with E-state index in [1.807, 2.05) is 0 Å². The van der Waals surface area contributed by atoms with Gasteiger partial charge in [0.05, 0.1) is 5.60 Å². The van der Waals surface area contributed by atoms with E-state index in [-0.39, 0.29) is 5.60 Å². The molecule has 2 heterocycles. The van der Waals surface area contributed by atoms with E-state index in [0.29, 0.717) is 0 Å². The van der Waals surface area contributed by atoms with Crippen LogP contribution in [0, 0.1) is 17.8 Å². The second-order valence-corrected chi connectivity index (χ2v) is 7.25. The molecule has 3 aliphatic rings. The van der Waals surface area contributed by atoms with Crippen LogP contribution in [0.15, 0.2) is 0 Å². The first-order chi connectivity index (χ1) is 9.74. The van der Waals surface area contributed by atoms with Gasteiger partial charge in [0.15, 0.2) is 0 Å². The van der Waals surface area contributed by atoms with Crippen LogP contribution in [0.25, 0.3) is 0 Å². The molecule has 1 saturated carbocycles. The third-order valence-corrected chi connectivity index (χ3v) is 5.71. The first kappa shape index (κ1) is 14.8. The maximum atomic E-state index is 6.21. The van der Waals surface area contributed by atoms with E-state index >= 15 is 0 Å². The van der Waals surface area contributed by atoms with Crippen molar-refractivity contribution in [2.45, 2.75) is 64.0 Å². The molecule has 3 nitrogen and oxygen atoms in total. The maximum absolute atomic E-state index is 6.21. The second kappa shape index (κ2) is 6.33. The molecule has 0 aromatic carbocycles. The maximum Gasteiger partial charge on any atom is 0.0729 e. The molecule has 116 valence electrons. The van der Waals surface area contributed by atoms with Crippen molar-refractivity contribution < 1.29 is 9.47 Å². The Morgan fingerprint density at radius 2 is 2.00 bits per heavy atom. The minimum absolute atomic E-state index is 0.144. The molecule has 3 rings (SSSR count). The summed E-state index contributed by atoms with van der Waals surface area (Å²) in [4.78, 5) is 0. The zero-order valence-corrected chi connectivity index (χ0v) is 13.2. The molecule has 0 aromatic heterocycles. The van der Waals surface area contributed by atoms with Gasteiger partial charge in [-0.2, -0.15) is 0 Å². The normalized spacial score (nSPS) is 37.8. The van der Waals surface area contributed by atoms with Crippen molar-refractivity contribution in [2.75, 3.05) is 26.4 Å². The van der Waals surface area contributed by atoms with Crippen molar-refractivity contribution in [2.24, 2.45) is 17.8 Å². The first-order valence-corrected chi connectivity index (χ1v) is 8.69. The number of hydrogen-bond donors (Lipinski definition) is 1. The fourth-order valence-electron chi connectivity index (χ4n) is 4.29. The van der Waals surface area contributed by atoms with E-state index in [1.165, 1.54) is 32.2 Å². The van der Waals surface area contributed by atoms with Crippen LogP contribution in [0.4, 0.5) is 0 Å². The highest BCUT2D eigenvalue weighted by atomic mass is 16.5. The Kier molecular flexibility index (Phi) is 4.68. The van der Waals surface area contributed by atoms with Gasteiger partial charge in [0, 0.05) is 25.9 Å². The summed E-state index contributed by atoms with van der Waals surface area (Å²) in [5, 5.41) is 3.87. The summed E-state index contributed by atoms with van der Waals surface area (Å²) in [5.74, 6) is 2.66. The van der Waals surface area contributed by atoms with Gasteiger partial charge < -0.3 is 14.8 Å². The molecule has 4 atom stereocenters. The molecule has 1 aliphatic carbocycles. The van der Waals surface area contributed by atoms with Gasteiger partial charge in [0.1, 0.15) is 0 Å². The van der Waals surface area contributed by atoms with Crippen molar-refractivity contribution in [1.82, 2.24) is 5.32 Å². The van der Waals surface area contributed by atoms with E-state index < -0.39 is 0 Å². The molecule has 1 N–H and O–H groups in total. The lowest BCUT2D eigenvalue weighted by Crippen LogP contribution is -2.50. The van der Waals surface area contributed by atoms with Gasteiger partial charge in [-0.15, -0.1) is 0 Å². The molecule has 0 aromatic rings. The molecular weight excluding hydrogens is 250 g/mol. The Bertz CT molecular complexity index is 309. The molecule has 3 heteroatoms. The van der Waals surface area contributed by atoms with Crippen LogP contribution in [-0.4, -0.2) is 38.0 Å². The standard InChI is InChI=1S/C17H31NO2/c1-3-7-18-16(15-11-13(15)2)14-4-8-20-17(12-14)5-9-19-10-6-17/h13-16,18H,3-12H2,1-2H3. The topological polar surface area (TPSA) is 30.5 Å². The summed E-state index contributed by atoms with van der Waals surface area (Å²) in [5.41, 5.74) is 0.144. The van der Waals surface area contributed by atoms with Crippen LogP contribution in [0.5, 0.6) is 0 Å². The zero-order chi connectivity index (χ0) is 14.0. The molecule has 0 radical (unpaired) electrons. The van der Waals surface area contributed by atoms with Crippen molar-refractivity contribution in [3.8, 4) is 0 Å². The van der Waals surface area contributed by atoms with Crippen LogP contribution in [0.2, 0.25) is 0 Å². The summed E-state index contributed by atoms with van der Waals surface area (Å²) in [6, 6.07) is 0.730. The average molecular weight is 281 g/mol. The summed E-state index contributed by atoms with van der Waals surface area (Å²) >= 11 is 0. The van der Waals surface area contributed by atoms with E-state index in [9.17, 15) is 0 Å². The van der Waals surface area contributed by atoms with Crippen molar-refractivity contribution in [3.05, 3.63) is 0 Å². The Morgan fingerprint density at radius 1 is 1.25 bits per heavy atom. The van der Waals surface area contributed by atoms with Gasteiger partial charge in [-0.1, -0.05) is 13.8 Å². The van der Waals surface area contributed by atoms with Gasteiger partial charge >= 0.3 is 0 Å². The lowest BCUT2D eigenvalue weighted by Gasteiger charge is -2.45. The van der Waals surface area contributed by atoms with Crippen LogP contribution >= 0.6 is 0 Å². The molecule has 0 amide bonds. The zero-order valence-electron chi connectivity index (χ0n) is 13.2. The van der Waals surface area contributed by atoms with Gasteiger partial charge in [-0.25, -0.2) is 0 Å². The Balaban J connectivity index is 1.63. The van der Waals surface area contributed by atoms with Gasteiger partial charge in [-0.3, -0.25) is 0 Å². The van der Waals surface area contributed by atoms with Crippen LogP contribution < -0.4 is 5.32 Å². The molecule has 4 unspecified atom stereocenters. The highest BCUT2D eigenvalue weighted by Gasteiger charge is 2.47. The quantitative estimate of drug-likeness (QED) is 0.840. The fraction of sp³-hybridized carbons (Fsp3) is 1.00. The second-order valence-electron chi connectivity index (χ2n) is 7.25. The predicted octanol–water partition coefficient (Wildman–Crippen LogP) is 2.99. The van der Waals surface area contributed by atoms with E-state index in [0.717, 1.165) is 56.5 Å². The smallest absolute Gasteiger partial charge is 0.0729 e. The fourth-order valence-corrected chi connectivity index (χ4v) is 4.29. The molecule has 2 aliphatic heterocycles.